The molecule has 1 fully saturated rings. The molecule has 2 atom stereocenters. The van der Waals surface area contributed by atoms with Gasteiger partial charge in [-0.2, -0.15) is 0 Å². The van der Waals surface area contributed by atoms with Crippen LogP contribution in [0.3, 0.4) is 0 Å². The first-order valence-electron chi connectivity index (χ1n) is 5.66. The van der Waals surface area contributed by atoms with Crippen molar-refractivity contribution in [3.63, 3.8) is 0 Å². The van der Waals surface area contributed by atoms with Gasteiger partial charge in [-0.05, 0) is 33.3 Å². The maximum Gasteiger partial charge on any atom is 0.319 e. The van der Waals surface area contributed by atoms with E-state index in [1.165, 1.54) is 11.8 Å². The summed E-state index contributed by atoms with van der Waals surface area (Å²) in [6.45, 7) is 7.84. The molecule has 0 saturated carbocycles. The quantitative estimate of drug-likeness (QED) is 0.596. The van der Waals surface area contributed by atoms with E-state index in [0.717, 1.165) is 23.4 Å². The Morgan fingerprint density at radius 3 is 2.29 bits per heavy atom. The van der Waals surface area contributed by atoms with E-state index >= 15 is 0 Å². The van der Waals surface area contributed by atoms with Gasteiger partial charge < -0.3 is 4.74 Å². The predicted molar refractivity (Wildman–Crippen MR) is 66.1 cm³/mol. The maximum atomic E-state index is 11.5. The highest BCUT2D eigenvalue weighted by Crippen LogP contribution is 2.30. The molecule has 92 valence electrons. The minimum absolute atomic E-state index is 0.00708. The van der Waals surface area contributed by atoms with Gasteiger partial charge in [-0.15, -0.1) is 0 Å². The summed E-state index contributed by atoms with van der Waals surface area (Å²) < 4.78 is 5.11. The van der Waals surface area contributed by atoms with Gasteiger partial charge in [0.1, 0.15) is 11.4 Å². The summed E-state index contributed by atoms with van der Waals surface area (Å²) in [6, 6.07) is 0. The first-order valence-corrected chi connectivity index (χ1v) is 6.54. The maximum absolute atomic E-state index is 11.5. The van der Waals surface area contributed by atoms with Crippen LogP contribution in [0, 0.1) is 20.8 Å². The number of aromatic nitrogens is 2. The van der Waals surface area contributed by atoms with Crippen LogP contribution in [0.2, 0.25) is 0 Å². The number of carbonyl (C=O) groups excluding carboxylic acids is 1. The molecule has 0 amide bonds. The van der Waals surface area contributed by atoms with Gasteiger partial charge in [0.15, 0.2) is 5.16 Å². The third kappa shape index (κ3) is 2.60. The lowest BCUT2D eigenvalue weighted by Gasteiger charge is -2.08. The standard InChI is InChI=1S/C12H16N2O2S/c1-6-5-10(11(15)16-6)17-12-13-8(3)7(2)9(4)14-12/h6,10H,5H2,1-4H3/t6-,10+/m0/s1. The fraction of sp³-hybridized carbons (Fsp3) is 0.583. The molecule has 0 radical (unpaired) electrons. The molecule has 1 aliphatic rings. The largest absolute Gasteiger partial charge is 0.462 e. The summed E-state index contributed by atoms with van der Waals surface area (Å²) in [5.41, 5.74) is 3.05. The van der Waals surface area contributed by atoms with Crippen molar-refractivity contribution in [1.82, 2.24) is 9.97 Å². The van der Waals surface area contributed by atoms with Crippen molar-refractivity contribution in [1.29, 1.82) is 0 Å². The van der Waals surface area contributed by atoms with E-state index in [2.05, 4.69) is 9.97 Å². The fourth-order valence-corrected chi connectivity index (χ4v) is 2.89. The molecule has 2 rings (SSSR count). The number of cyclic esters (lactones) is 1. The molecule has 17 heavy (non-hydrogen) atoms. The van der Waals surface area contributed by atoms with E-state index in [4.69, 9.17) is 4.74 Å². The van der Waals surface area contributed by atoms with Crippen molar-refractivity contribution in [2.24, 2.45) is 0 Å². The molecule has 0 unspecified atom stereocenters. The number of esters is 1. The van der Waals surface area contributed by atoms with Crippen molar-refractivity contribution in [2.75, 3.05) is 0 Å². The number of rotatable bonds is 2. The zero-order valence-electron chi connectivity index (χ0n) is 10.5. The van der Waals surface area contributed by atoms with Crippen LogP contribution < -0.4 is 0 Å². The smallest absolute Gasteiger partial charge is 0.319 e. The third-order valence-electron chi connectivity index (χ3n) is 2.99. The highest BCUT2D eigenvalue weighted by Gasteiger charge is 2.33. The SMILES string of the molecule is Cc1nc(S[C@@H]2C[C@H](C)OC2=O)nc(C)c1C. The Bertz CT molecular complexity index is 439. The van der Waals surface area contributed by atoms with Gasteiger partial charge in [-0.25, -0.2) is 9.97 Å². The highest BCUT2D eigenvalue weighted by atomic mass is 32.2. The minimum atomic E-state index is -0.161. The Labute approximate surface area is 105 Å². The number of hydrogen-bond acceptors (Lipinski definition) is 5. The molecule has 0 spiro atoms. The molecule has 1 aromatic rings. The first-order chi connectivity index (χ1) is 7.97. The van der Waals surface area contributed by atoms with Gasteiger partial charge in [0.25, 0.3) is 0 Å². The first kappa shape index (κ1) is 12.4. The molecule has 5 heteroatoms. The van der Waals surface area contributed by atoms with Crippen LogP contribution in [-0.2, 0) is 9.53 Å². The second kappa shape index (κ2) is 4.64. The summed E-state index contributed by atoms with van der Waals surface area (Å²) in [5, 5.41) is 0.508. The zero-order chi connectivity index (χ0) is 12.6. The molecule has 4 nitrogen and oxygen atoms in total. The van der Waals surface area contributed by atoms with Crippen LogP contribution in [0.5, 0.6) is 0 Å². The third-order valence-corrected chi connectivity index (χ3v) is 4.05. The second-order valence-corrected chi connectivity index (χ2v) is 5.56. The minimum Gasteiger partial charge on any atom is -0.462 e. The summed E-state index contributed by atoms with van der Waals surface area (Å²) in [4.78, 5) is 20.3. The van der Waals surface area contributed by atoms with Gasteiger partial charge in [0, 0.05) is 17.8 Å². The zero-order valence-corrected chi connectivity index (χ0v) is 11.3. The molecule has 0 aromatic carbocycles. The summed E-state index contributed by atoms with van der Waals surface area (Å²) >= 11 is 1.40. The number of nitrogens with zero attached hydrogens (tertiary/aromatic N) is 2. The van der Waals surface area contributed by atoms with E-state index in [9.17, 15) is 4.79 Å². The Kier molecular flexibility index (Phi) is 3.38. The van der Waals surface area contributed by atoms with Gasteiger partial charge in [-0.1, -0.05) is 11.8 Å². The van der Waals surface area contributed by atoms with Crippen LogP contribution in [0.4, 0.5) is 0 Å². The van der Waals surface area contributed by atoms with E-state index in [1.54, 1.807) is 0 Å². The molecule has 1 aliphatic heterocycles. The van der Waals surface area contributed by atoms with Crippen LogP contribution in [0.15, 0.2) is 5.16 Å². The van der Waals surface area contributed by atoms with Crippen molar-refractivity contribution < 1.29 is 9.53 Å². The number of thioether (sulfide) groups is 1. The van der Waals surface area contributed by atoms with Crippen molar-refractivity contribution >= 4 is 17.7 Å². The van der Waals surface area contributed by atoms with E-state index in [1.807, 2.05) is 27.7 Å². The summed E-state index contributed by atoms with van der Waals surface area (Å²) in [5.74, 6) is -0.151. The number of hydrogen-bond donors (Lipinski definition) is 0. The molecule has 1 saturated heterocycles. The number of ether oxygens (including phenoxy) is 1. The molecule has 1 aromatic heterocycles. The normalized spacial score (nSPS) is 23.9. The van der Waals surface area contributed by atoms with Crippen LogP contribution >= 0.6 is 11.8 Å². The van der Waals surface area contributed by atoms with Gasteiger partial charge in [0.05, 0.1) is 0 Å². The molecule has 2 heterocycles. The lowest BCUT2D eigenvalue weighted by atomic mass is 10.2. The Hall–Kier alpha value is -1.10. The van der Waals surface area contributed by atoms with E-state index < -0.39 is 0 Å². The van der Waals surface area contributed by atoms with E-state index in [-0.39, 0.29) is 17.3 Å². The highest BCUT2D eigenvalue weighted by molar-refractivity contribution is 8.00. The molecule has 0 N–H and O–H groups in total. The summed E-state index contributed by atoms with van der Waals surface area (Å²) in [6.07, 6.45) is 0.742. The topological polar surface area (TPSA) is 52.1 Å². The van der Waals surface area contributed by atoms with Gasteiger partial charge in [-0.3, -0.25) is 4.79 Å². The Morgan fingerprint density at radius 2 is 1.82 bits per heavy atom. The molecular formula is C12H16N2O2S. The number of aryl methyl sites for hydroxylation is 2. The average Bonchev–Trinajstić information content (AvgIpc) is 2.54. The Balaban J connectivity index is 2.17. The number of carbonyl (C=O) groups is 1. The fourth-order valence-electron chi connectivity index (χ4n) is 1.74. The van der Waals surface area contributed by atoms with Crippen LogP contribution in [0.25, 0.3) is 0 Å². The van der Waals surface area contributed by atoms with Crippen LogP contribution in [0.1, 0.15) is 30.3 Å². The lowest BCUT2D eigenvalue weighted by Crippen LogP contribution is -2.11. The van der Waals surface area contributed by atoms with E-state index in [0.29, 0.717) is 5.16 Å². The average molecular weight is 252 g/mol. The van der Waals surface area contributed by atoms with Crippen molar-refractivity contribution in [2.45, 2.75) is 50.6 Å². The van der Waals surface area contributed by atoms with Gasteiger partial charge in [0.2, 0.25) is 0 Å². The second-order valence-electron chi connectivity index (χ2n) is 4.39. The lowest BCUT2D eigenvalue weighted by molar-refractivity contribution is -0.140. The monoisotopic (exact) mass is 252 g/mol. The Morgan fingerprint density at radius 1 is 1.24 bits per heavy atom. The van der Waals surface area contributed by atoms with Crippen molar-refractivity contribution in [3.8, 4) is 0 Å². The molecule has 0 aliphatic carbocycles. The predicted octanol–water partition coefficient (Wildman–Crippen LogP) is 2.20. The van der Waals surface area contributed by atoms with Crippen LogP contribution in [-0.4, -0.2) is 27.3 Å². The summed E-state index contributed by atoms with van der Waals surface area (Å²) in [7, 11) is 0. The van der Waals surface area contributed by atoms with Crippen molar-refractivity contribution in [3.05, 3.63) is 17.0 Å². The molecular weight excluding hydrogens is 236 g/mol. The molecule has 0 bridgehead atoms. The van der Waals surface area contributed by atoms with Gasteiger partial charge >= 0.3 is 5.97 Å².